The number of phenols is 1. The third kappa shape index (κ3) is 2.76. The molecule has 1 saturated heterocycles. The maximum absolute atomic E-state index is 9.45. The summed E-state index contributed by atoms with van der Waals surface area (Å²) < 4.78 is 0. The first-order chi connectivity index (χ1) is 10.8. The van der Waals surface area contributed by atoms with Gasteiger partial charge >= 0.3 is 0 Å². The first-order valence-electron chi connectivity index (χ1n) is 8.36. The normalized spacial score (nSPS) is 24.5. The lowest BCUT2D eigenvalue weighted by molar-refractivity contribution is 0.0938. The Morgan fingerprint density at radius 3 is 2.41 bits per heavy atom. The molecule has 1 aliphatic carbocycles. The fraction of sp³-hybridized carbons (Fsp3) is 0.400. The number of phenolic OH excluding ortho intramolecular Hbond substituents is 1. The van der Waals surface area contributed by atoms with Gasteiger partial charge in [0, 0.05) is 19.1 Å². The maximum atomic E-state index is 9.45. The highest BCUT2D eigenvalue weighted by Gasteiger charge is 2.31. The minimum Gasteiger partial charge on any atom is -0.508 e. The lowest BCUT2D eigenvalue weighted by Crippen LogP contribution is -2.46. The van der Waals surface area contributed by atoms with Crippen LogP contribution in [0.15, 0.2) is 48.5 Å². The molecule has 114 valence electrons. The minimum atomic E-state index is 0.354. The highest BCUT2D eigenvalue weighted by atomic mass is 16.3. The molecule has 2 aromatic carbocycles. The van der Waals surface area contributed by atoms with Gasteiger partial charge in [0.2, 0.25) is 0 Å². The third-order valence-corrected chi connectivity index (χ3v) is 5.32. The molecular weight excluding hydrogens is 270 g/mol. The molecule has 0 saturated carbocycles. The molecule has 22 heavy (non-hydrogen) atoms. The molecule has 1 fully saturated rings. The molecule has 0 amide bonds. The Kier molecular flexibility index (Phi) is 3.63. The largest absolute Gasteiger partial charge is 0.508 e. The van der Waals surface area contributed by atoms with Gasteiger partial charge in [-0.2, -0.15) is 0 Å². The van der Waals surface area contributed by atoms with E-state index in [2.05, 4.69) is 41.3 Å². The van der Waals surface area contributed by atoms with Crippen LogP contribution in [0.3, 0.4) is 0 Å². The third-order valence-electron chi connectivity index (χ3n) is 5.32. The van der Waals surface area contributed by atoms with Crippen molar-refractivity contribution < 1.29 is 5.11 Å². The summed E-state index contributed by atoms with van der Waals surface area (Å²) in [6.45, 7) is 2.21. The van der Waals surface area contributed by atoms with Crippen LogP contribution in [0.5, 0.6) is 5.75 Å². The first kappa shape index (κ1) is 13.8. The summed E-state index contributed by atoms with van der Waals surface area (Å²) in [5.41, 5.74) is 4.42. The van der Waals surface area contributed by atoms with Gasteiger partial charge in [-0.3, -0.25) is 4.90 Å². The van der Waals surface area contributed by atoms with Crippen LogP contribution >= 0.6 is 0 Å². The Morgan fingerprint density at radius 1 is 0.909 bits per heavy atom. The van der Waals surface area contributed by atoms with Gasteiger partial charge in [0.15, 0.2) is 0 Å². The summed E-state index contributed by atoms with van der Waals surface area (Å²) in [6.07, 6.45) is 5.10. The molecule has 3 aliphatic rings. The molecule has 2 nitrogen and oxygen atoms in total. The first-order valence-corrected chi connectivity index (χ1v) is 8.36. The monoisotopic (exact) mass is 293 g/mol. The van der Waals surface area contributed by atoms with E-state index in [4.69, 9.17) is 0 Å². The fourth-order valence-corrected chi connectivity index (χ4v) is 4.13. The Morgan fingerprint density at radius 2 is 1.64 bits per heavy atom. The van der Waals surface area contributed by atoms with Crippen molar-refractivity contribution in [3.63, 3.8) is 0 Å². The molecule has 2 heterocycles. The highest BCUT2D eigenvalue weighted by Crippen LogP contribution is 2.33. The second kappa shape index (κ2) is 5.77. The second-order valence-corrected chi connectivity index (χ2v) is 6.87. The van der Waals surface area contributed by atoms with E-state index in [1.165, 1.54) is 37.8 Å². The lowest BCUT2D eigenvalue weighted by atomic mass is 9.80. The van der Waals surface area contributed by atoms with Crippen LogP contribution in [-0.2, 0) is 19.4 Å². The average molecular weight is 293 g/mol. The molecule has 1 N–H and O–H groups in total. The SMILES string of the molecule is Oc1ccc(CN2C[C@@H]3CC[C@@H]2Cc2ccccc2C3)cc1. The molecule has 5 rings (SSSR count). The van der Waals surface area contributed by atoms with Gasteiger partial charge in [-0.15, -0.1) is 0 Å². The molecule has 2 bridgehead atoms. The molecule has 2 heteroatoms. The summed E-state index contributed by atoms with van der Waals surface area (Å²) >= 11 is 0. The van der Waals surface area contributed by atoms with E-state index in [0.29, 0.717) is 11.8 Å². The van der Waals surface area contributed by atoms with Crippen molar-refractivity contribution in [1.29, 1.82) is 0 Å². The van der Waals surface area contributed by atoms with Crippen LogP contribution in [0.25, 0.3) is 0 Å². The zero-order valence-corrected chi connectivity index (χ0v) is 12.9. The van der Waals surface area contributed by atoms with Gasteiger partial charge in [-0.1, -0.05) is 36.4 Å². The van der Waals surface area contributed by atoms with Crippen LogP contribution in [-0.4, -0.2) is 22.6 Å². The van der Waals surface area contributed by atoms with Crippen LogP contribution in [0.2, 0.25) is 0 Å². The van der Waals surface area contributed by atoms with Crippen molar-refractivity contribution >= 4 is 0 Å². The van der Waals surface area contributed by atoms with Crippen LogP contribution in [0, 0.1) is 5.92 Å². The number of aromatic hydroxyl groups is 1. The van der Waals surface area contributed by atoms with Crippen molar-refractivity contribution in [2.45, 2.75) is 38.3 Å². The van der Waals surface area contributed by atoms with Crippen molar-refractivity contribution in [2.75, 3.05) is 6.54 Å². The van der Waals surface area contributed by atoms with Gasteiger partial charge in [-0.25, -0.2) is 0 Å². The van der Waals surface area contributed by atoms with E-state index in [-0.39, 0.29) is 0 Å². The van der Waals surface area contributed by atoms with Crippen molar-refractivity contribution in [3.8, 4) is 5.75 Å². The molecule has 0 spiro atoms. The Balaban J connectivity index is 1.57. The topological polar surface area (TPSA) is 23.5 Å². The Bertz CT molecular complexity index is 649. The summed E-state index contributed by atoms with van der Waals surface area (Å²) in [5.74, 6) is 1.14. The number of rotatable bonds is 2. The quantitative estimate of drug-likeness (QED) is 0.911. The summed E-state index contributed by atoms with van der Waals surface area (Å²) in [6, 6.07) is 17.4. The number of piperidine rings is 1. The molecular formula is C20H23NO. The fourth-order valence-electron chi connectivity index (χ4n) is 4.13. The predicted molar refractivity (Wildman–Crippen MR) is 88.9 cm³/mol. The standard InChI is InChI=1S/C20H23NO/c22-20-9-6-15(7-10-20)13-21-14-16-5-8-19(21)12-18-4-2-1-3-17(18)11-16/h1-4,6-7,9-10,16,19,22H,5,8,11-14H2/t16-,19-/m1/s1. The molecule has 0 aromatic heterocycles. The van der Waals surface area contributed by atoms with Gasteiger partial charge in [-0.05, 0) is 60.4 Å². The van der Waals surface area contributed by atoms with E-state index in [1.807, 2.05) is 0 Å². The summed E-state index contributed by atoms with van der Waals surface area (Å²) in [5, 5.41) is 9.45. The van der Waals surface area contributed by atoms with Gasteiger partial charge < -0.3 is 5.11 Å². The molecule has 0 radical (unpaired) electrons. The van der Waals surface area contributed by atoms with Crippen molar-refractivity contribution in [3.05, 3.63) is 65.2 Å². The molecule has 0 unspecified atom stereocenters. The second-order valence-electron chi connectivity index (χ2n) is 6.87. The van der Waals surface area contributed by atoms with Crippen molar-refractivity contribution in [2.24, 2.45) is 5.92 Å². The van der Waals surface area contributed by atoms with Gasteiger partial charge in [0.05, 0.1) is 0 Å². The van der Waals surface area contributed by atoms with Crippen LogP contribution < -0.4 is 0 Å². The average Bonchev–Trinajstić information content (AvgIpc) is 2.50. The van der Waals surface area contributed by atoms with Gasteiger partial charge in [0.1, 0.15) is 5.75 Å². The molecule has 2 atom stereocenters. The van der Waals surface area contributed by atoms with E-state index in [0.717, 1.165) is 12.5 Å². The minimum absolute atomic E-state index is 0.354. The zero-order chi connectivity index (χ0) is 14.9. The van der Waals surface area contributed by atoms with E-state index in [1.54, 1.807) is 23.3 Å². The van der Waals surface area contributed by atoms with Crippen LogP contribution in [0.1, 0.15) is 29.5 Å². The number of hydrogen-bond acceptors (Lipinski definition) is 2. The Labute approximate surface area is 132 Å². The van der Waals surface area contributed by atoms with Gasteiger partial charge in [0.25, 0.3) is 0 Å². The number of nitrogens with zero attached hydrogens (tertiary/aromatic N) is 1. The summed E-state index contributed by atoms with van der Waals surface area (Å²) in [4.78, 5) is 2.66. The highest BCUT2D eigenvalue weighted by molar-refractivity contribution is 5.30. The predicted octanol–water partition coefficient (Wildman–Crippen LogP) is 3.77. The zero-order valence-electron chi connectivity index (χ0n) is 12.9. The molecule has 2 aliphatic heterocycles. The number of fused-ring (bicyclic) bond motifs is 2. The lowest BCUT2D eigenvalue weighted by Gasteiger charge is -2.42. The van der Waals surface area contributed by atoms with E-state index >= 15 is 0 Å². The Hall–Kier alpha value is -1.80. The number of benzene rings is 2. The van der Waals surface area contributed by atoms with Crippen molar-refractivity contribution in [1.82, 2.24) is 4.90 Å². The van der Waals surface area contributed by atoms with Crippen LogP contribution in [0.4, 0.5) is 0 Å². The van der Waals surface area contributed by atoms with E-state index < -0.39 is 0 Å². The smallest absolute Gasteiger partial charge is 0.115 e. The maximum Gasteiger partial charge on any atom is 0.115 e. The molecule has 2 aromatic rings. The number of hydrogen-bond donors (Lipinski definition) is 1. The summed E-state index contributed by atoms with van der Waals surface area (Å²) in [7, 11) is 0. The van der Waals surface area contributed by atoms with E-state index in [9.17, 15) is 5.11 Å².